The van der Waals surface area contributed by atoms with Crippen LogP contribution in [0.25, 0.3) is 0 Å². The molecule has 1 saturated heterocycles. The molecule has 2 atom stereocenters. The first kappa shape index (κ1) is 13.5. The van der Waals surface area contributed by atoms with Crippen LogP contribution in [0.2, 0.25) is 0 Å². The molecule has 1 aliphatic rings. The molecule has 0 aliphatic carbocycles. The van der Waals surface area contributed by atoms with E-state index in [1.807, 2.05) is 14.0 Å². The van der Waals surface area contributed by atoms with Crippen LogP contribution in [0, 0.1) is 11.8 Å². The normalized spacial score (nSPS) is 23.2. The molecule has 0 saturated carbocycles. The zero-order chi connectivity index (χ0) is 12.1. The van der Waals surface area contributed by atoms with E-state index in [4.69, 9.17) is 4.74 Å². The molecule has 1 amide bonds. The number of morpholine rings is 1. The molecule has 4 heteroatoms. The Balaban J connectivity index is 2.38. The molecule has 0 bridgehead atoms. The number of nitrogens with one attached hydrogen (secondary N) is 1. The number of rotatable bonds is 4. The van der Waals surface area contributed by atoms with Gasteiger partial charge in [0.2, 0.25) is 5.91 Å². The molecule has 16 heavy (non-hydrogen) atoms. The molecule has 1 rings (SSSR count). The molecule has 2 unspecified atom stereocenters. The van der Waals surface area contributed by atoms with Crippen molar-refractivity contribution in [1.82, 2.24) is 10.2 Å². The summed E-state index contributed by atoms with van der Waals surface area (Å²) < 4.78 is 5.58. The Kier molecular flexibility index (Phi) is 5.22. The van der Waals surface area contributed by atoms with Crippen LogP contribution in [-0.4, -0.2) is 50.2 Å². The molecule has 1 aliphatic heterocycles. The topological polar surface area (TPSA) is 41.6 Å². The number of amides is 1. The van der Waals surface area contributed by atoms with Crippen molar-refractivity contribution >= 4 is 5.91 Å². The lowest BCUT2D eigenvalue weighted by molar-refractivity contribution is -0.137. The Labute approximate surface area is 98.3 Å². The third-order valence-corrected chi connectivity index (χ3v) is 3.25. The van der Waals surface area contributed by atoms with Crippen molar-refractivity contribution in [2.24, 2.45) is 11.8 Å². The van der Waals surface area contributed by atoms with Gasteiger partial charge in [0.15, 0.2) is 0 Å². The first-order valence-electron chi connectivity index (χ1n) is 6.09. The fourth-order valence-corrected chi connectivity index (χ4v) is 1.77. The van der Waals surface area contributed by atoms with Crippen molar-refractivity contribution < 1.29 is 9.53 Å². The van der Waals surface area contributed by atoms with E-state index in [1.165, 1.54) is 0 Å². The van der Waals surface area contributed by atoms with Crippen LogP contribution in [0.5, 0.6) is 0 Å². The first-order valence-corrected chi connectivity index (χ1v) is 6.09. The number of hydrogen-bond donors (Lipinski definition) is 1. The molecule has 1 N–H and O–H groups in total. The minimum absolute atomic E-state index is 0.0848. The number of nitrogens with zero attached hydrogens (tertiary/aromatic N) is 1. The Morgan fingerprint density at radius 3 is 2.69 bits per heavy atom. The van der Waals surface area contributed by atoms with Crippen LogP contribution in [0.4, 0.5) is 0 Å². The van der Waals surface area contributed by atoms with Crippen molar-refractivity contribution in [2.75, 3.05) is 33.3 Å². The summed E-state index contributed by atoms with van der Waals surface area (Å²) in [6.07, 6.45) is 0.141. The summed E-state index contributed by atoms with van der Waals surface area (Å²) in [4.78, 5) is 13.8. The van der Waals surface area contributed by atoms with Gasteiger partial charge in [0, 0.05) is 32.6 Å². The summed E-state index contributed by atoms with van der Waals surface area (Å²) in [5.74, 6) is 0.686. The van der Waals surface area contributed by atoms with Gasteiger partial charge in [-0.3, -0.25) is 4.79 Å². The van der Waals surface area contributed by atoms with Gasteiger partial charge < -0.3 is 15.0 Å². The fraction of sp³-hybridized carbons (Fsp3) is 0.917. The minimum atomic E-state index is 0.0848. The average molecular weight is 228 g/mol. The molecule has 0 aromatic rings. The second kappa shape index (κ2) is 6.21. The van der Waals surface area contributed by atoms with Gasteiger partial charge in [-0.1, -0.05) is 20.8 Å². The van der Waals surface area contributed by atoms with E-state index in [0.29, 0.717) is 12.5 Å². The quantitative estimate of drug-likeness (QED) is 0.771. The maximum atomic E-state index is 12.0. The fourth-order valence-electron chi connectivity index (χ4n) is 1.77. The van der Waals surface area contributed by atoms with E-state index in [9.17, 15) is 4.79 Å². The SMILES string of the molecule is CC(C)C(C)C(=O)N(C)CC1CNCCO1. The lowest BCUT2D eigenvalue weighted by atomic mass is 9.96. The molecular weight excluding hydrogens is 204 g/mol. The summed E-state index contributed by atoms with van der Waals surface area (Å²) >= 11 is 0. The molecule has 0 aromatic carbocycles. The van der Waals surface area contributed by atoms with E-state index >= 15 is 0 Å². The third-order valence-electron chi connectivity index (χ3n) is 3.25. The Morgan fingerprint density at radius 2 is 2.19 bits per heavy atom. The Morgan fingerprint density at radius 1 is 1.50 bits per heavy atom. The smallest absolute Gasteiger partial charge is 0.225 e. The first-order chi connectivity index (χ1) is 7.52. The second-order valence-electron chi connectivity index (χ2n) is 4.95. The Bertz CT molecular complexity index is 225. The van der Waals surface area contributed by atoms with Crippen LogP contribution in [-0.2, 0) is 9.53 Å². The second-order valence-corrected chi connectivity index (χ2v) is 4.95. The monoisotopic (exact) mass is 228 g/mol. The maximum Gasteiger partial charge on any atom is 0.225 e. The van der Waals surface area contributed by atoms with Crippen molar-refractivity contribution in [1.29, 1.82) is 0 Å². The van der Waals surface area contributed by atoms with Gasteiger partial charge in [-0.15, -0.1) is 0 Å². The summed E-state index contributed by atoms with van der Waals surface area (Å²) in [5.41, 5.74) is 0. The highest BCUT2D eigenvalue weighted by Crippen LogP contribution is 2.13. The summed E-state index contributed by atoms with van der Waals surface area (Å²) in [6.45, 7) is 9.33. The van der Waals surface area contributed by atoms with E-state index < -0.39 is 0 Å². The van der Waals surface area contributed by atoms with Crippen LogP contribution in [0.1, 0.15) is 20.8 Å². The van der Waals surface area contributed by atoms with Crippen LogP contribution in [0.3, 0.4) is 0 Å². The van der Waals surface area contributed by atoms with Crippen LogP contribution < -0.4 is 5.32 Å². The minimum Gasteiger partial charge on any atom is -0.374 e. The van der Waals surface area contributed by atoms with E-state index in [1.54, 1.807) is 4.90 Å². The summed E-state index contributed by atoms with van der Waals surface area (Å²) in [5, 5.41) is 3.27. The number of carbonyl (C=O) groups excluding carboxylic acids is 1. The summed E-state index contributed by atoms with van der Waals surface area (Å²) in [7, 11) is 1.86. The number of ether oxygens (including phenoxy) is 1. The van der Waals surface area contributed by atoms with E-state index in [2.05, 4.69) is 19.2 Å². The molecular formula is C12H24N2O2. The van der Waals surface area contributed by atoms with Gasteiger partial charge >= 0.3 is 0 Å². The van der Waals surface area contributed by atoms with Gasteiger partial charge in [0.25, 0.3) is 0 Å². The van der Waals surface area contributed by atoms with Crippen molar-refractivity contribution in [3.8, 4) is 0 Å². The van der Waals surface area contributed by atoms with Crippen LogP contribution >= 0.6 is 0 Å². The highest BCUT2D eigenvalue weighted by atomic mass is 16.5. The highest BCUT2D eigenvalue weighted by molar-refractivity contribution is 5.78. The van der Waals surface area contributed by atoms with Gasteiger partial charge in [0.1, 0.15) is 0 Å². The number of hydrogen-bond acceptors (Lipinski definition) is 3. The van der Waals surface area contributed by atoms with Gasteiger partial charge in [0.05, 0.1) is 12.7 Å². The highest BCUT2D eigenvalue weighted by Gasteiger charge is 2.23. The lowest BCUT2D eigenvalue weighted by Gasteiger charge is -2.30. The van der Waals surface area contributed by atoms with E-state index in [-0.39, 0.29) is 17.9 Å². The maximum absolute atomic E-state index is 12.0. The number of likely N-dealkylation sites (N-methyl/N-ethyl adjacent to an activating group) is 1. The zero-order valence-corrected chi connectivity index (χ0v) is 10.8. The zero-order valence-electron chi connectivity index (χ0n) is 10.8. The lowest BCUT2D eigenvalue weighted by Crippen LogP contribution is -2.47. The largest absolute Gasteiger partial charge is 0.374 e. The van der Waals surface area contributed by atoms with E-state index in [0.717, 1.165) is 19.7 Å². The third kappa shape index (κ3) is 3.76. The predicted molar refractivity (Wildman–Crippen MR) is 64.2 cm³/mol. The molecule has 1 heterocycles. The number of carbonyl (C=O) groups is 1. The molecule has 0 aromatic heterocycles. The van der Waals surface area contributed by atoms with Crippen LogP contribution in [0.15, 0.2) is 0 Å². The van der Waals surface area contributed by atoms with Crippen molar-refractivity contribution in [3.05, 3.63) is 0 Å². The van der Waals surface area contributed by atoms with Crippen molar-refractivity contribution in [3.63, 3.8) is 0 Å². The summed E-state index contributed by atoms with van der Waals surface area (Å²) in [6, 6.07) is 0. The molecule has 0 radical (unpaired) electrons. The standard InChI is InChI=1S/C12H24N2O2/c1-9(2)10(3)12(15)14(4)8-11-7-13-5-6-16-11/h9-11,13H,5-8H2,1-4H3. The molecule has 0 spiro atoms. The molecule has 1 fully saturated rings. The van der Waals surface area contributed by atoms with Gasteiger partial charge in [-0.25, -0.2) is 0 Å². The average Bonchev–Trinajstić information content (AvgIpc) is 2.28. The molecule has 4 nitrogen and oxygen atoms in total. The van der Waals surface area contributed by atoms with Crippen molar-refractivity contribution in [2.45, 2.75) is 26.9 Å². The molecule has 94 valence electrons. The Hall–Kier alpha value is -0.610. The van der Waals surface area contributed by atoms with Gasteiger partial charge in [-0.05, 0) is 5.92 Å². The van der Waals surface area contributed by atoms with Gasteiger partial charge in [-0.2, -0.15) is 0 Å². The predicted octanol–water partition coefficient (Wildman–Crippen LogP) is 0.725.